The number of hydrogen-bond donors (Lipinski definition) is 0. The highest BCUT2D eigenvalue weighted by molar-refractivity contribution is 6.04. The van der Waals surface area contributed by atoms with Crippen molar-refractivity contribution in [3.63, 3.8) is 0 Å². The molecular weight excluding hydrogens is 186 g/mol. The zero-order valence-electron chi connectivity index (χ0n) is 9.36. The molecule has 0 radical (unpaired) electrons. The lowest BCUT2D eigenvalue weighted by Crippen LogP contribution is -2.39. The molecule has 2 heteroatoms. The molecule has 1 atom stereocenters. The van der Waals surface area contributed by atoms with Gasteiger partial charge < -0.3 is 0 Å². The Kier molecular flexibility index (Phi) is 2.87. The topological polar surface area (TPSA) is 20.3 Å². The minimum absolute atomic E-state index is 0.0809. The molecule has 2 nitrogen and oxygen atoms in total. The van der Waals surface area contributed by atoms with Crippen LogP contribution in [0.15, 0.2) is 24.3 Å². The summed E-state index contributed by atoms with van der Waals surface area (Å²) >= 11 is 0. The highest BCUT2D eigenvalue weighted by Gasteiger charge is 2.32. The number of ketones is 1. The van der Waals surface area contributed by atoms with E-state index in [0.29, 0.717) is 5.78 Å². The average molecular weight is 203 g/mol. The minimum atomic E-state index is 0.0809. The van der Waals surface area contributed by atoms with Gasteiger partial charge in [0, 0.05) is 5.56 Å². The van der Waals surface area contributed by atoms with Crippen LogP contribution in [0.25, 0.3) is 0 Å². The van der Waals surface area contributed by atoms with Gasteiger partial charge in [0.1, 0.15) is 0 Å². The van der Waals surface area contributed by atoms with Gasteiger partial charge in [-0.05, 0) is 25.1 Å². The Morgan fingerprint density at radius 2 is 1.93 bits per heavy atom. The van der Waals surface area contributed by atoms with Crippen LogP contribution in [0, 0.1) is 0 Å². The minimum Gasteiger partial charge on any atom is -0.294 e. The molecule has 0 heterocycles. The molecule has 1 aromatic rings. The van der Waals surface area contributed by atoms with Crippen molar-refractivity contribution in [2.24, 2.45) is 0 Å². The summed E-state index contributed by atoms with van der Waals surface area (Å²) in [5.41, 5.74) is 2.13. The average Bonchev–Trinajstić information content (AvgIpc) is 2.60. The van der Waals surface area contributed by atoms with Gasteiger partial charge in [0.2, 0.25) is 0 Å². The molecule has 1 aliphatic carbocycles. The first-order valence-corrected chi connectivity index (χ1v) is 5.64. The fourth-order valence-corrected chi connectivity index (χ4v) is 2.38. The third-order valence-corrected chi connectivity index (χ3v) is 3.25. The van der Waals surface area contributed by atoms with Crippen molar-refractivity contribution in [1.82, 2.24) is 4.90 Å². The van der Waals surface area contributed by atoms with E-state index in [-0.39, 0.29) is 6.04 Å². The van der Waals surface area contributed by atoms with Crippen LogP contribution >= 0.6 is 0 Å². The van der Waals surface area contributed by atoms with Crippen LogP contribution in [-0.2, 0) is 6.42 Å². The Balaban J connectivity index is 2.27. The summed E-state index contributed by atoms with van der Waals surface area (Å²) in [7, 11) is 0. The number of fused-ring (bicyclic) bond motifs is 1. The van der Waals surface area contributed by atoms with Gasteiger partial charge in [0.25, 0.3) is 0 Å². The summed E-state index contributed by atoms with van der Waals surface area (Å²) in [6.07, 6.45) is 0.886. The molecule has 0 N–H and O–H groups in total. The predicted molar refractivity (Wildman–Crippen MR) is 61.2 cm³/mol. The van der Waals surface area contributed by atoms with Gasteiger partial charge in [0.05, 0.1) is 6.04 Å². The number of likely N-dealkylation sites (N-methyl/N-ethyl adjacent to an activating group) is 1. The van der Waals surface area contributed by atoms with Gasteiger partial charge in [-0.1, -0.05) is 38.1 Å². The molecule has 0 aromatic heterocycles. The highest BCUT2D eigenvalue weighted by Crippen LogP contribution is 2.25. The maximum atomic E-state index is 12.1. The fraction of sp³-hybridized carbons (Fsp3) is 0.462. The molecule has 0 amide bonds. The van der Waals surface area contributed by atoms with E-state index in [4.69, 9.17) is 0 Å². The van der Waals surface area contributed by atoms with Gasteiger partial charge in [-0.3, -0.25) is 9.69 Å². The Labute approximate surface area is 90.9 Å². The van der Waals surface area contributed by atoms with Crippen molar-refractivity contribution in [1.29, 1.82) is 0 Å². The Morgan fingerprint density at radius 3 is 2.53 bits per heavy atom. The summed E-state index contributed by atoms with van der Waals surface area (Å²) in [6, 6.07) is 8.05. The summed E-state index contributed by atoms with van der Waals surface area (Å²) in [6.45, 7) is 6.11. The van der Waals surface area contributed by atoms with Crippen LogP contribution in [0.3, 0.4) is 0 Å². The number of benzene rings is 1. The lowest BCUT2D eigenvalue weighted by atomic mass is 10.1. The first kappa shape index (κ1) is 10.4. The van der Waals surface area contributed by atoms with E-state index in [0.717, 1.165) is 25.1 Å². The normalized spacial score (nSPS) is 19.7. The van der Waals surface area contributed by atoms with Crippen LogP contribution in [-0.4, -0.2) is 29.8 Å². The molecule has 15 heavy (non-hydrogen) atoms. The molecule has 0 saturated carbocycles. The lowest BCUT2D eigenvalue weighted by Gasteiger charge is -2.24. The number of rotatable bonds is 3. The molecule has 1 aromatic carbocycles. The zero-order valence-corrected chi connectivity index (χ0v) is 9.36. The number of carbonyl (C=O) groups is 1. The number of nitrogens with zero attached hydrogens (tertiary/aromatic N) is 1. The van der Waals surface area contributed by atoms with E-state index in [1.165, 1.54) is 5.56 Å². The summed E-state index contributed by atoms with van der Waals surface area (Å²) in [5.74, 6) is 0.300. The van der Waals surface area contributed by atoms with Gasteiger partial charge in [-0.15, -0.1) is 0 Å². The second kappa shape index (κ2) is 4.15. The zero-order chi connectivity index (χ0) is 10.8. The fourth-order valence-electron chi connectivity index (χ4n) is 2.38. The van der Waals surface area contributed by atoms with Crippen molar-refractivity contribution in [2.75, 3.05) is 13.1 Å². The maximum Gasteiger partial charge on any atom is 0.180 e. The van der Waals surface area contributed by atoms with Crippen molar-refractivity contribution in [2.45, 2.75) is 26.3 Å². The third kappa shape index (κ3) is 1.70. The summed E-state index contributed by atoms with van der Waals surface area (Å²) in [5, 5.41) is 0. The van der Waals surface area contributed by atoms with Crippen molar-refractivity contribution in [3.05, 3.63) is 35.4 Å². The van der Waals surface area contributed by atoms with Gasteiger partial charge in [0.15, 0.2) is 5.78 Å². The number of hydrogen-bond acceptors (Lipinski definition) is 2. The first-order chi connectivity index (χ1) is 7.27. The largest absolute Gasteiger partial charge is 0.294 e. The summed E-state index contributed by atoms with van der Waals surface area (Å²) in [4.78, 5) is 14.4. The maximum absolute atomic E-state index is 12.1. The van der Waals surface area contributed by atoms with Gasteiger partial charge in [-0.2, -0.15) is 0 Å². The second-order valence-electron chi connectivity index (χ2n) is 3.96. The van der Waals surface area contributed by atoms with E-state index in [9.17, 15) is 4.79 Å². The van der Waals surface area contributed by atoms with E-state index in [2.05, 4.69) is 24.8 Å². The van der Waals surface area contributed by atoms with E-state index in [1.807, 2.05) is 18.2 Å². The van der Waals surface area contributed by atoms with E-state index >= 15 is 0 Å². The SMILES string of the molecule is CCN(CC)C1Cc2ccccc2C1=O. The molecule has 1 unspecified atom stereocenters. The Bertz CT molecular complexity index is 369. The number of Topliss-reactive ketones (excluding diaryl/α,β-unsaturated/α-hetero) is 1. The smallest absolute Gasteiger partial charge is 0.180 e. The molecule has 0 saturated heterocycles. The second-order valence-corrected chi connectivity index (χ2v) is 3.96. The molecule has 80 valence electrons. The van der Waals surface area contributed by atoms with Crippen molar-refractivity contribution in [3.8, 4) is 0 Å². The van der Waals surface area contributed by atoms with Crippen LogP contribution in [0.2, 0.25) is 0 Å². The van der Waals surface area contributed by atoms with E-state index in [1.54, 1.807) is 0 Å². The Morgan fingerprint density at radius 1 is 1.27 bits per heavy atom. The summed E-state index contributed by atoms with van der Waals surface area (Å²) < 4.78 is 0. The van der Waals surface area contributed by atoms with E-state index < -0.39 is 0 Å². The predicted octanol–water partition coefficient (Wildman–Crippen LogP) is 2.14. The van der Waals surface area contributed by atoms with Crippen LogP contribution < -0.4 is 0 Å². The van der Waals surface area contributed by atoms with Crippen molar-refractivity contribution < 1.29 is 4.79 Å². The quantitative estimate of drug-likeness (QED) is 0.750. The van der Waals surface area contributed by atoms with Gasteiger partial charge in [-0.25, -0.2) is 0 Å². The standard InChI is InChI=1S/C13H17NO/c1-3-14(4-2)12-9-10-7-5-6-8-11(10)13(12)15/h5-8,12H,3-4,9H2,1-2H3. The Hall–Kier alpha value is -1.15. The first-order valence-electron chi connectivity index (χ1n) is 5.64. The highest BCUT2D eigenvalue weighted by atomic mass is 16.1. The van der Waals surface area contributed by atoms with Crippen molar-refractivity contribution >= 4 is 5.78 Å². The van der Waals surface area contributed by atoms with Gasteiger partial charge >= 0.3 is 0 Å². The molecule has 0 aliphatic heterocycles. The van der Waals surface area contributed by atoms with Crippen LogP contribution in [0.1, 0.15) is 29.8 Å². The lowest BCUT2D eigenvalue weighted by molar-refractivity contribution is 0.0856. The third-order valence-electron chi connectivity index (χ3n) is 3.25. The van der Waals surface area contributed by atoms with Crippen LogP contribution in [0.4, 0.5) is 0 Å². The van der Waals surface area contributed by atoms with Crippen LogP contribution in [0.5, 0.6) is 0 Å². The molecule has 0 spiro atoms. The molecule has 0 bridgehead atoms. The molecule has 1 aliphatic rings. The molecular formula is C13H17NO. The molecule has 0 fully saturated rings. The monoisotopic (exact) mass is 203 g/mol. The number of carbonyl (C=O) groups excluding carboxylic acids is 1. The molecule has 2 rings (SSSR count).